The third-order valence-corrected chi connectivity index (χ3v) is 6.09. The van der Waals surface area contributed by atoms with E-state index in [1.54, 1.807) is 19.2 Å². The molecule has 0 fully saturated rings. The number of aromatic nitrogens is 6. The Morgan fingerprint density at radius 2 is 1.87 bits per heavy atom. The highest BCUT2D eigenvalue weighted by Gasteiger charge is 2.16. The van der Waals surface area contributed by atoms with Gasteiger partial charge in [0.2, 0.25) is 5.91 Å². The average Bonchev–Trinajstić information content (AvgIpc) is 3.29. The highest BCUT2D eigenvalue weighted by atomic mass is 32.2. The van der Waals surface area contributed by atoms with Crippen molar-refractivity contribution in [2.75, 3.05) is 11.1 Å². The largest absolute Gasteiger partial charge is 0.310 e. The third kappa shape index (κ3) is 3.98. The van der Waals surface area contributed by atoms with Gasteiger partial charge in [-0.15, -0.1) is 11.3 Å². The number of aryl methyl sites for hydroxylation is 3. The number of thiophene rings is 1. The van der Waals surface area contributed by atoms with Crippen LogP contribution in [0, 0.1) is 20.8 Å². The number of fused-ring (bicyclic) bond motifs is 1. The van der Waals surface area contributed by atoms with Crippen LogP contribution in [0.4, 0.5) is 5.82 Å². The van der Waals surface area contributed by atoms with Crippen LogP contribution in [0.3, 0.4) is 0 Å². The average molecular weight is 442 g/mol. The number of hydrogen-bond acceptors (Lipinski definition) is 8. The molecule has 0 atom stereocenters. The molecule has 30 heavy (non-hydrogen) atoms. The van der Waals surface area contributed by atoms with Crippen LogP contribution in [-0.4, -0.2) is 41.0 Å². The smallest absolute Gasteiger partial charge is 0.262 e. The summed E-state index contributed by atoms with van der Waals surface area (Å²) in [6, 6.07) is 5.39. The van der Waals surface area contributed by atoms with Gasteiger partial charge in [-0.2, -0.15) is 9.78 Å². The van der Waals surface area contributed by atoms with Gasteiger partial charge in [-0.25, -0.2) is 15.0 Å². The SMILES string of the molecule is Cc1cc(C)nc(-n2nc(C)cc2NC(=O)CSc2nc3sccc3c(=O)n2C)n1. The maximum atomic E-state index is 12.6. The normalized spacial score (nSPS) is 11.2. The molecule has 0 saturated carbocycles. The number of rotatable bonds is 5. The van der Waals surface area contributed by atoms with Crippen molar-refractivity contribution in [3.05, 3.63) is 51.0 Å². The minimum Gasteiger partial charge on any atom is -0.310 e. The summed E-state index contributed by atoms with van der Waals surface area (Å²) in [5, 5.41) is 10.2. The van der Waals surface area contributed by atoms with E-state index in [4.69, 9.17) is 0 Å². The summed E-state index contributed by atoms with van der Waals surface area (Å²) in [4.78, 5) is 39.0. The molecule has 0 aliphatic carbocycles. The van der Waals surface area contributed by atoms with Crippen LogP contribution in [-0.2, 0) is 11.8 Å². The minimum absolute atomic E-state index is 0.0924. The van der Waals surface area contributed by atoms with E-state index in [9.17, 15) is 9.59 Å². The molecule has 1 N–H and O–H groups in total. The van der Waals surface area contributed by atoms with Gasteiger partial charge in [0, 0.05) is 24.5 Å². The first-order valence-electron chi connectivity index (χ1n) is 9.08. The van der Waals surface area contributed by atoms with E-state index in [0.29, 0.717) is 27.1 Å². The maximum Gasteiger partial charge on any atom is 0.262 e. The lowest BCUT2D eigenvalue weighted by Crippen LogP contribution is -2.21. The predicted octanol–water partition coefficient (Wildman–Crippen LogP) is 2.63. The summed E-state index contributed by atoms with van der Waals surface area (Å²) in [6.07, 6.45) is 0. The monoisotopic (exact) mass is 441 g/mol. The molecule has 0 aliphatic heterocycles. The van der Waals surface area contributed by atoms with Crippen LogP contribution >= 0.6 is 23.1 Å². The highest BCUT2D eigenvalue weighted by Crippen LogP contribution is 2.21. The summed E-state index contributed by atoms with van der Waals surface area (Å²) < 4.78 is 2.98. The Morgan fingerprint density at radius 1 is 1.13 bits per heavy atom. The fourth-order valence-corrected chi connectivity index (χ4v) is 4.54. The molecule has 4 aromatic heterocycles. The van der Waals surface area contributed by atoms with Gasteiger partial charge in [0.25, 0.3) is 11.5 Å². The van der Waals surface area contributed by atoms with Gasteiger partial charge in [-0.1, -0.05) is 11.8 Å². The lowest BCUT2D eigenvalue weighted by atomic mass is 10.4. The number of hydrogen-bond donors (Lipinski definition) is 1. The molecule has 9 nitrogen and oxygen atoms in total. The van der Waals surface area contributed by atoms with Crippen LogP contribution in [0.5, 0.6) is 0 Å². The van der Waals surface area contributed by atoms with Crippen LogP contribution < -0.4 is 10.9 Å². The van der Waals surface area contributed by atoms with Crippen molar-refractivity contribution in [2.45, 2.75) is 25.9 Å². The summed E-state index contributed by atoms with van der Waals surface area (Å²) in [6.45, 7) is 5.59. The number of anilines is 1. The molecule has 4 heterocycles. The van der Waals surface area contributed by atoms with E-state index in [0.717, 1.165) is 17.1 Å². The van der Waals surface area contributed by atoms with Crippen molar-refractivity contribution in [1.29, 1.82) is 0 Å². The van der Waals surface area contributed by atoms with Crippen molar-refractivity contribution in [3.63, 3.8) is 0 Å². The molecular formula is C19H19N7O2S2. The summed E-state index contributed by atoms with van der Waals surface area (Å²) in [5.41, 5.74) is 2.24. The molecule has 0 radical (unpaired) electrons. The van der Waals surface area contributed by atoms with Crippen LogP contribution in [0.15, 0.2) is 33.5 Å². The number of nitrogens with one attached hydrogen (secondary N) is 1. The molecule has 4 rings (SSSR count). The van der Waals surface area contributed by atoms with Crippen molar-refractivity contribution in [2.24, 2.45) is 7.05 Å². The van der Waals surface area contributed by atoms with Crippen LogP contribution in [0.2, 0.25) is 0 Å². The Hall–Kier alpha value is -3.05. The molecule has 0 spiro atoms. The first-order chi connectivity index (χ1) is 14.3. The number of carbonyl (C=O) groups excluding carboxylic acids is 1. The lowest BCUT2D eigenvalue weighted by Gasteiger charge is -2.09. The van der Waals surface area contributed by atoms with E-state index in [-0.39, 0.29) is 17.2 Å². The lowest BCUT2D eigenvalue weighted by molar-refractivity contribution is -0.113. The number of carbonyl (C=O) groups is 1. The van der Waals surface area contributed by atoms with E-state index >= 15 is 0 Å². The number of nitrogens with zero attached hydrogens (tertiary/aromatic N) is 6. The molecule has 0 aromatic carbocycles. The Kier molecular flexibility index (Phi) is 5.39. The Morgan fingerprint density at radius 3 is 2.60 bits per heavy atom. The summed E-state index contributed by atoms with van der Waals surface area (Å²) in [5.74, 6) is 0.732. The van der Waals surface area contributed by atoms with Crippen molar-refractivity contribution >= 4 is 45.0 Å². The summed E-state index contributed by atoms with van der Waals surface area (Å²) in [7, 11) is 1.66. The molecule has 154 valence electrons. The van der Waals surface area contributed by atoms with E-state index < -0.39 is 0 Å². The zero-order valence-electron chi connectivity index (χ0n) is 16.8. The van der Waals surface area contributed by atoms with Gasteiger partial charge in [-0.3, -0.25) is 14.2 Å². The van der Waals surface area contributed by atoms with E-state index in [1.165, 1.54) is 32.3 Å². The topological polar surface area (TPSA) is 108 Å². The standard InChI is InChI=1S/C19H19N7O2S2/c1-10-7-11(2)21-18(20-10)26-14(8-12(3)24-26)22-15(27)9-30-19-23-16-13(5-6-29-16)17(28)25(19)4/h5-8H,9H2,1-4H3,(H,22,27). The Labute approximate surface area is 180 Å². The zero-order chi connectivity index (χ0) is 21.4. The zero-order valence-corrected chi connectivity index (χ0v) is 18.5. The molecule has 0 unspecified atom stereocenters. The second-order valence-corrected chi connectivity index (χ2v) is 8.61. The van der Waals surface area contributed by atoms with Gasteiger partial charge < -0.3 is 5.32 Å². The predicted molar refractivity (Wildman–Crippen MR) is 118 cm³/mol. The second kappa shape index (κ2) is 8.00. The van der Waals surface area contributed by atoms with Crippen LogP contribution in [0.25, 0.3) is 16.2 Å². The molecule has 0 saturated heterocycles. The van der Waals surface area contributed by atoms with Crippen molar-refractivity contribution in [1.82, 2.24) is 29.3 Å². The van der Waals surface area contributed by atoms with Crippen molar-refractivity contribution in [3.8, 4) is 5.95 Å². The van der Waals surface area contributed by atoms with Gasteiger partial charge >= 0.3 is 0 Å². The minimum atomic E-state index is -0.244. The molecule has 0 aliphatic rings. The molecular weight excluding hydrogens is 422 g/mol. The van der Waals surface area contributed by atoms with E-state index in [2.05, 4.69) is 25.4 Å². The Balaban J connectivity index is 1.53. The van der Waals surface area contributed by atoms with Gasteiger partial charge in [0.15, 0.2) is 5.16 Å². The summed E-state index contributed by atoms with van der Waals surface area (Å²) >= 11 is 2.61. The third-order valence-electron chi connectivity index (χ3n) is 4.26. The van der Waals surface area contributed by atoms with Gasteiger partial charge in [-0.05, 0) is 38.3 Å². The molecule has 4 aromatic rings. The maximum absolute atomic E-state index is 12.6. The molecule has 1 amide bonds. The number of thioether (sulfide) groups is 1. The highest BCUT2D eigenvalue weighted by molar-refractivity contribution is 7.99. The fraction of sp³-hybridized carbons (Fsp3) is 0.263. The quantitative estimate of drug-likeness (QED) is 0.375. The van der Waals surface area contributed by atoms with Crippen molar-refractivity contribution < 1.29 is 4.79 Å². The van der Waals surface area contributed by atoms with Crippen LogP contribution in [0.1, 0.15) is 17.1 Å². The van der Waals surface area contributed by atoms with E-state index in [1.807, 2.05) is 32.2 Å². The van der Waals surface area contributed by atoms with Gasteiger partial charge in [0.1, 0.15) is 10.6 Å². The molecule has 0 bridgehead atoms. The fourth-order valence-electron chi connectivity index (χ4n) is 2.96. The first-order valence-corrected chi connectivity index (χ1v) is 10.9. The number of amides is 1. The van der Waals surface area contributed by atoms with Gasteiger partial charge in [0.05, 0.1) is 16.8 Å². The first kappa shape index (κ1) is 20.2. The molecule has 11 heteroatoms. The second-order valence-electron chi connectivity index (χ2n) is 6.77. The Bertz CT molecular complexity index is 1300.